The minimum absolute atomic E-state index is 0.0357. The van der Waals surface area contributed by atoms with E-state index in [-0.39, 0.29) is 25.0 Å². The van der Waals surface area contributed by atoms with Crippen molar-refractivity contribution in [2.24, 2.45) is 5.92 Å². The molecule has 0 spiro atoms. The van der Waals surface area contributed by atoms with Gasteiger partial charge in [0.25, 0.3) is 0 Å². The van der Waals surface area contributed by atoms with Gasteiger partial charge in [0, 0.05) is 36.4 Å². The summed E-state index contributed by atoms with van der Waals surface area (Å²) in [6.07, 6.45) is 0.462. The number of nitrogens with one attached hydrogen (secondary N) is 5. The molecule has 3 aromatic rings. The molecule has 1 heterocycles. The van der Waals surface area contributed by atoms with E-state index in [4.69, 9.17) is 0 Å². The smallest absolute Gasteiger partial charge is 0.326 e. The molecular weight excluding hydrogens is 610 g/mol. The summed E-state index contributed by atoms with van der Waals surface area (Å²) in [6.45, 7) is 3.17. The number of amides is 4. The molecular formula is C33H41N5O9. The predicted octanol–water partition coefficient (Wildman–Crippen LogP) is -0.0348. The largest absolute Gasteiger partial charge is 0.480 e. The van der Waals surface area contributed by atoms with Gasteiger partial charge in [-0.1, -0.05) is 55.5 Å². The number of rotatable bonds is 17. The molecule has 4 amide bonds. The Morgan fingerprint density at radius 2 is 1.34 bits per heavy atom. The number of para-hydroxylation sites is 1. The van der Waals surface area contributed by atoms with Gasteiger partial charge in [-0.05, 0) is 31.0 Å². The van der Waals surface area contributed by atoms with Crippen molar-refractivity contribution in [3.8, 4) is 0 Å². The van der Waals surface area contributed by atoms with E-state index < -0.39 is 72.4 Å². The minimum atomic E-state index is -1.65. The molecule has 8 N–H and O–H groups in total. The molecule has 0 aliphatic heterocycles. The lowest BCUT2D eigenvalue weighted by molar-refractivity contribution is -0.144. The number of Topliss-reactive ketones (excluding diaryl/α,β-unsaturated/α-hetero) is 1. The summed E-state index contributed by atoms with van der Waals surface area (Å²) in [5.74, 6) is -6.89. The molecule has 0 aliphatic rings. The van der Waals surface area contributed by atoms with Crippen LogP contribution < -0.4 is 21.3 Å². The van der Waals surface area contributed by atoms with Crippen molar-refractivity contribution in [2.75, 3.05) is 6.61 Å². The van der Waals surface area contributed by atoms with Crippen LogP contribution in [0.15, 0.2) is 60.8 Å². The molecule has 0 saturated heterocycles. The Kier molecular flexibility index (Phi) is 13.2. The van der Waals surface area contributed by atoms with Gasteiger partial charge >= 0.3 is 5.97 Å². The number of carbonyl (C=O) groups excluding carboxylic acids is 5. The van der Waals surface area contributed by atoms with Crippen LogP contribution in [0.1, 0.15) is 38.3 Å². The molecule has 14 nitrogen and oxygen atoms in total. The number of aliphatic hydroxyl groups is 2. The number of carbonyl (C=O) groups is 6. The molecule has 2 aromatic carbocycles. The van der Waals surface area contributed by atoms with Gasteiger partial charge in [-0.25, -0.2) is 4.79 Å². The fraction of sp³-hybridized carbons (Fsp3) is 0.394. The molecule has 6 atom stereocenters. The summed E-state index contributed by atoms with van der Waals surface area (Å²) in [6, 6.07) is 10.5. The zero-order valence-corrected chi connectivity index (χ0v) is 26.4. The van der Waals surface area contributed by atoms with E-state index >= 15 is 0 Å². The molecule has 0 fully saturated rings. The molecule has 252 valence electrons. The van der Waals surface area contributed by atoms with E-state index in [1.165, 1.54) is 13.8 Å². The average molecular weight is 652 g/mol. The van der Waals surface area contributed by atoms with E-state index in [0.29, 0.717) is 5.56 Å². The van der Waals surface area contributed by atoms with Gasteiger partial charge in [-0.2, -0.15) is 0 Å². The Labute approximate surface area is 271 Å². The van der Waals surface area contributed by atoms with Gasteiger partial charge in [0.15, 0.2) is 5.78 Å². The minimum Gasteiger partial charge on any atom is -0.480 e. The third-order valence-electron chi connectivity index (χ3n) is 7.71. The molecule has 0 aliphatic carbocycles. The first-order chi connectivity index (χ1) is 22.4. The molecule has 1 aromatic heterocycles. The van der Waals surface area contributed by atoms with E-state index in [2.05, 4.69) is 26.3 Å². The number of aromatic nitrogens is 1. The zero-order chi connectivity index (χ0) is 34.7. The van der Waals surface area contributed by atoms with Crippen LogP contribution in [0, 0.1) is 5.92 Å². The fourth-order valence-electron chi connectivity index (χ4n) is 4.89. The van der Waals surface area contributed by atoms with Crippen LogP contribution in [-0.2, 0) is 41.6 Å². The Morgan fingerprint density at radius 1 is 0.745 bits per heavy atom. The van der Waals surface area contributed by atoms with E-state index in [1.54, 1.807) is 43.5 Å². The fourth-order valence-corrected chi connectivity index (χ4v) is 4.89. The summed E-state index contributed by atoms with van der Waals surface area (Å²) in [4.78, 5) is 79.6. The number of aliphatic carboxylic acids is 1. The Morgan fingerprint density at radius 3 is 1.96 bits per heavy atom. The number of fused-ring (bicyclic) bond motifs is 1. The number of carboxylic acid groups (broad SMARTS) is 1. The van der Waals surface area contributed by atoms with E-state index in [0.717, 1.165) is 16.5 Å². The van der Waals surface area contributed by atoms with Crippen molar-refractivity contribution in [3.63, 3.8) is 0 Å². The molecule has 14 heteroatoms. The van der Waals surface area contributed by atoms with Crippen LogP contribution in [0.3, 0.4) is 0 Å². The van der Waals surface area contributed by atoms with Crippen molar-refractivity contribution in [2.45, 2.75) is 70.3 Å². The van der Waals surface area contributed by atoms with Crippen molar-refractivity contribution in [3.05, 3.63) is 71.9 Å². The summed E-state index contributed by atoms with van der Waals surface area (Å²) in [5, 5.41) is 40.1. The normalized spacial score (nSPS) is 14.9. The highest BCUT2D eigenvalue weighted by Gasteiger charge is 2.34. The van der Waals surface area contributed by atoms with Crippen LogP contribution in [-0.4, -0.2) is 92.6 Å². The maximum absolute atomic E-state index is 13.1. The second kappa shape index (κ2) is 17.0. The number of carboxylic acids is 1. The highest BCUT2D eigenvalue weighted by Crippen LogP contribution is 2.19. The number of hydrogen-bond acceptors (Lipinski definition) is 8. The lowest BCUT2D eigenvalue weighted by Gasteiger charge is -2.26. The second-order valence-corrected chi connectivity index (χ2v) is 11.2. The Hall–Kier alpha value is -5.08. The summed E-state index contributed by atoms with van der Waals surface area (Å²) in [5.41, 5.74) is 2.28. The third kappa shape index (κ3) is 9.95. The van der Waals surface area contributed by atoms with Crippen molar-refractivity contribution in [1.82, 2.24) is 26.3 Å². The quantitative estimate of drug-likeness (QED) is 0.0916. The van der Waals surface area contributed by atoms with Gasteiger partial charge in [-0.15, -0.1) is 0 Å². The monoisotopic (exact) mass is 651 g/mol. The first kappa shape index (κ1) is 36.4. The Balaban J connectivity index is 1.64. The van der Waals surface area contributed by atoms with E-state index in [9.17, 15) is 44.1 Å². The number of hydrogen-bond donors (Lipinski definition) is 8. The second-order valence-electron chi connectivity index (χ2n) is 11.2. The molecule has 0 saturated carbocycles. The summed E-state index contributed by atoms with van der Waals surface area (Å²) < 4.78 is 0. The van der Waals surface area contributed by atoms with Gasteiger partial charge in [-0.3, -0.25) is 24.0 Å². The van der Waals surface area contributed by atoms with Crippen molar-refractivity contribution < 1.29 is 44.1 Å². The van der Waals surface area contributed by atoms with E-state index in [1.807, 2.05) is 24.3 Å². The van der Waals surface area contributed by atoms with Crippen molar-refractivity contribution in [1.29, 1.82) is 0 Å². The lowest BCUT2D eigenvalue weighted by atomic mass is 10.00. The van der Waals surface area contributed by atoms with Crippen molar-refractivity contribution >= 4 is 46.3 Å². The molecule has 0 bridgehead atoms. The van der Waals surface area contributed by atoms with Crippen LogP contribution >= 0.6 is 0 Å². The SMILES string of the molecule is CCC(=O)[C@H](Cc1c[nH]c2ccccc12)NC(=O)[C@H](CO)NC(=O)[C@@H](NC(=O)[C@@H](C)C(=O)N[C@@H](Cc1ccccc1)C(=O)O)[C@@H](C)O. The van der Waals surface area contributed by atoms with Gasteiger partial charge < -0.3 is 41.6 Å². The van der Waals surface area contributed by atoms with Crippen LogP contribution in [0.25, 0.3) is 10.9 Å². The standard InChI is InChI=1S/C33H41N5O9/c1-4-27(41)24(15-21-16-34-23-13-9-8-12-22(21)23)35-31(44)26(17-39)37-32(45)28(19(3)40)38-30(43)18(2)29(42)36-25(33(46)47)14-20-10-6-5-7-11-20/h5-13,16,18-19,24-26,28,34,39-40H,4,14-15,17H2,1-3H3,(H,35,44)(H,36,42)(H,37,45)(H,38,43)(H,46,47)/t18-,19+,24-,25-,26-,28-/m0/s1. The first-order valence-electron chi connectivity index (χ1n) is 15.2. The van der Waals surface area contributed by atoms with Crippen LogP contribution in [0.2, 0.25) is 0 Å². The number of aromatic amines is 1. The summed E-state index contributed by atoms with van der Waals surface area (Å²) in [7, 11) is 0. The average Bonchev–Trinajstić information content (AvgIpc) is 3.47. The first-order valence-corrected chi connectivity index (χ1v) is 15.2. The highest BCUT2D eigenvalue weighted by atomic mass is 16.4. The molecule has 47 heavy (non-hydrogen) atoms. The molecule has 0 radical (unpaired) electrons. The number of H-pyrrole nitrogens is 1. The Bertz CT molecular complexity index is 1570. The van der Waals surface area contributed by atoms with Crippen LogP contribution in [0.5, 0.6) is 0 Å². The predicted molar refractivity (Wildman–Crippen MR) is 171 cm³/mol. The number of aliphatic hydroxyl groups excluding tert-OH is 2. The van der Waals surface area contributed by atoms with Gasteiger partial charge in [0.05, 0.1) is 18.8 Å². The maximum Gasteiger partial charge on any atom is 0.326 e. The number of ketones is 1. The number of benzene rings is 2. The van der Waals surface area contributed by atoms with Gasteiger partial charge in [0.1, 0.15) is 24.0 Å². The highest BCUT2D eigenvalue weighted by molar-refractivity contribution is 6.03. The molecule has 0 unspecified atom stereocenters. The summed E-state index contributed by atoms with van der Waals surface area (Å²) >= 11 is 0. The lowest BCUT2D eigenvalue weighted by Crippen LogP contribution is -2.60. The van der Waals surface area contributed by atoms with Gasteiger partial charge in [0.2, 0.25) is 23.6 Å². The topological polar surface area (TPSA) is 227 Å². The third-order valence-corrected chi connectivity index (χ3v) is 7.71. The zero-order valence-electron chi connectivity index (χ0n) is 26.4. The maximum atomic E-state index is 13.1. The van der Waals surface area contributed by atoms with Crippen LogP contribution in [0.4, 0.5) is 0 Å². The molecule has 3 rings (SSSR count).